The molecule has 8 nitrogen and oxygen atoms in total. The van der Waals surface area contributed by atoms with Crippen LogP contribution >= 0.6 is 0 Å². The minimum Gasteiger partial charge on any atom is -0.508 e. The number of aromatic hydroxyl groups is 1. The van der Waals surface area contributed by atoms with Gasteiger partial charge in [-0.1, -0.05) is 0 Å². The normalized spacial score (nSPS) is 10.6. The zero-order chi connectivity index (χ0) is 14.5. The number of nitrogens with two attached hydrogens (primary N) is 1. The molecule has 1 aromatic carbocycles. The summed E-state index contributed by atoms with van der Waals surface area (Å²) in [5.74, 6) is -0.470. The van der Waals surface area contributed by atoms with Crippen LogP contribution in [0.1, 0.15) is 16.1 Å². The van der Waals surface area contributed by atoms with Gasteiger partial charge in [0.15, 0.2) is 5.69 Å². The number of carbonyl (C=O) groups is 1. The molecule has 0 aliphatic rings. The summed E-state index contributed by atoms with van der Waals surface area (Å²) in [6.45, 7) is 0. The van der Waals surface area contributed by atoms with Crippen LogP contribution in [0.3, 0.4) is 0 Å². The number of hydrazone groups is 1. The van der Waals surface area contributed by atoms with Gasteiger partial charge in [-0.2, -0.15) is 10.2 Å². The fraction of sp³-hybridized carbons (Fsp3) is 0. The molecule has 0 unspecified atom stereocenters. The molecule has 5 N–H and O–H groups in total. The molecule has 0 saturated carbocycles. The molecule has 0 radical (unpaired) electrons. The van der Waals surface area contributed by atoms with E-state index < -0.39 is 11.5 Å². The zero-order valence-electron chi connectivity index (χ0n) is 10.2. The average molecular weight is 273 g/mol. The van der Waals surface area contributed by atoms with E-state index in [9.17, 15) is 9.59 Å². The third-order valence-corrected chi connectivity index (χ3v) is 2.34. The predicted octanol–water partition coefficient (Wildman–Crippen LogP) is -0.178. The Hall–Kier alpha value is -3.16. The quantitative estimate of drug-likeness (QED) is 0.454. The van der Waals surface area contributed by atoms with Gasteiger partial charge in [0.1, 0.15) is 11.4 Å². The number of amides is 1. The van der Waals surface area contributed by atoms with E-state index in [0.717, 1.165) is 6.07 Å². The Labute approximate surface area is 112 Å². The van der Waals surface area contributed by atoms with Gasteiger partial charge >= 0.3 is 0 Å². The molecular weight excluding hydrogens is 262 g/mol. The predicted molar refractivity (Wildman–Crippen MR) is 72.4 cm³/mol. The largest absolute Gasteiger partial charge is 0.508 e. The molecule has 0 saturated heterocycles. The van der Waals surface area contributed by atoms with Crippen LogP contribution in [-0.4, -0.2) is 27.4 Å². The van der Waals surface area contributed by atoms with E-state index in [2.05, 4.69) is 20.7 Å². The van der Waals surface area contributed by atoms with Gasteiger partial charge in [0.05, 0.1) is 6.21 Å². The van der Waals surface area contributed by atoms with Crippen molar-refractivity contribution < 1.29 is 9.90 Å². The first-order valence-corrected chi connectivity index (χ1v) is 5.54. The maximum Gasteiger partial charge on any atom is 0.291 e. The van der Waals surface area contributed by atoms with E-state index in [1.165, 1.54) is 18.3 Å². The number of anilines is 1. The SMILES string of the molecule is Nc1cc(C(=O)N/N=C/c2ccc(O)cc2)n[nH]c1=O. The average Bonchev–Trinajstić information content (AvgIpc) is 2.44. The van der Waals surface area contributed by atoms with Crippen LogP contribution in [0.2, 0.25) is 0 Å². The van der Waals surface area contributed by atoms with Gasteiger partial charge in [-0.05, 0) is 35.9 Å². The minimum absolute atomic E-state index is 0.0510. The highest BCUT2D eigenvalue weighted by molar-refractivity contribution is 5.93. The Bertz CT molecular complexity index is 706. The third-order valence-electron chi connectivity index (χ3n) is 2.34. The lowest BCUT2D eigenvalue weighted by atomic mass is 10.2. The number of nitrogens with zero attached hydrogens (tertiary/aromatic N) is 2. The molecular formula is C12H11N5O3. The highest BCUT2D eigenvalue weighted by atomic mass is 16.3. The number of nitrogen functional groups attached to an aromatic ring is 1. The molecule has 0 bridgehead atoms. The van der Waals surface area contributed by atoms with Gasteiger partial charge in [0, 0.05) is 0 Å². The molecule has 0 fully saturated rings. The van der Waals surface area contributed by atoms with Crippen LogP contribution in [0.25, 0.3) is 0 Å². The number of aromatic amines is 1. The van der Waals surface area contributed by atoms with Crippen LogP contribution in [0, 0.1) is 0 Å². The Morgan fingerprint density at radius 3 is 2.75 bits per heavy atom. The minimum atomic E-state index is -0.608. The molecule has 0 aliphatic heterocycles. The van der Waals surface area contributed by atoms with E-state index in [1.807, 2.05) is 0 Å². The number of rotatable bonds is 3. The zero-order valence-corrected chi connectivity index (χ0v) is 10.2. The van der Waals surface area contributed by atoms with Gasteiger partial charge in [-0.25, -0.2) is 10.5 Å². The summed E-state index contributed by atoms with van der Waals surface area (Å²) in [6.07, 6.45) is 1.40. The molecule has 2 aromatic rings. The van der Waals surface area contributed by atoms with Crippen molar-refractivity contribution in [2.75, 3.05) is 5.73 Å². The topological polar surface area (TPSA) is 133 Å². The van der Waals surface area contributed by atoms with Crippen LogP contribution in [0.4, 0.5) is 5.69 Å². The lowest BCUT2D eigenvalue weighted by Crippen LogP contribution is -2.23. The number of benzene rings is 1. The molecule has 8 heteroatoms. The molecule has 0 spiro atoms. The van der Waals surface area contributed by atoms with Gasteiger partial charge in [0.2, 0.25) is 0 Å². The molecule has 0 atom stereocenters. The highest BCUT2D eigenvalue weighted by Crippen LogP contribution is 2.07. The first kappa shape index (κ1) is 13.3. The van der Waals surface area contributed by atoms with E-state index in [4.69, 9.17) is 10.8 Å². The fourth-order valence-corrected chi connectivity index (χ4v) is 1.32. The van der Waals surface area contributed by atoms with Crippen molar-refractivity contribution in [3.8, 4) is 5.75 Å². The van der Waals surface area contributed by atoms with Gasteiger partial charge in [-0.3, -0.25) is 9.59 Å². The van der Waals surface area contributed by atoms with Crippen molar-refractivity contribution in [1.29, 1.82) is 0 Å². The molecule has 20 heavy (non-hydrogen) atoms. The monoisotopic (exact) mass is 273 g/mol. The summed E-state index contributed by atoms with van der Waals surface area (Å²) in [6, 6.07) is 7.40. The number of hydrogen-bond acceptors (Lipinski definition) is 6. The molecule has 2 rings (SSSR count). The second-order valence-corrected chi connectivity index (χ2v) is 3.83. The molecule has 1 amide bonds. The lowest BCUT2D eigenvalue weighted by molar-refractivity contribution is 0.0949. The number of nitrogens with one attached hydrogen (secondary N) is 2. The Morgan fingerprint density at radius 1 is 1.40 bits per heavy atom. The Balaban J connectivity index is 2.03. The van der Waals surface area contributed by atoms with Crippen molar-refractivity contribution in [3.63, 3.8) is 0 Å². The van der Waals surface area contributed by atoms with Crippen molar-refractivity contribution in [2.45, 2.75) is 0 Å². The first-order chi connectivity index (χ1) is 9.56. The van der Waals surface area contributed by atoms with Crippen LogP contribution < -0.4 is 16.7 Å². The number of phenols is 1. The second kappa shape index (κ2) is 5.65. The number of hydrogen-bond donors (Lipinski definition) is 4. The maximum atomic E-state index is 11.6. The summed E-state index contributed by atoms with van der Waals surface area (Å²) in [4.78, 5) is 22.6. The van der Waals surface area contributed by atoms with E-state index >= 15 is 0 Å². The summed E-state index contributed by atoms with van der Waals surface area (Å²) >= 11 is 0. The smallest absolute Gasteiger partial charge is 0.291 e. The Morgan fingerprint density at radius 2 is 2.10 bits per heavy atom. The summed E-state index contributed by atoms with van der Waals surface area (Å²) in [7, 11) is 0. The number of carbonyl (C=O) groups excluding carboxylic acids is 1. The van der Waals surface area contributed by atoms with Crippen molar-refractivity contribution >= 4 is 17.8 Å². The van der Waals surface area contributed by atoms with E-state index in [-0.39, 0.29) is 17.1 Å². The van der Waals surface area contributed by atoms with E-state index in [1.54, 1.807) is 12.1 Å². The first-order valence-electron chi connectivity index (χ1n) is 5.54. The highest BCUT2D eigenvalue weighted by Gasteiger charge is 2.08. The lowest BCUT2D eigenvalue weighted by Gasteiger charge is -1.99. The number of H-pyrrole nitrogens is 1. The molecule has 0 aliphatic carbocycles. The summed E-state index contributed by atoms with van der Waals surface area (Å²) < 4.78 is 0. The van der Waals surface area contributed by atoms with E-state index in [0.29, 0.717) is 5.56 Å². The fourth-order valence-electron chi connectivity index (χ4n) is 1.32. The molecule has 1 aromatic heterocycles. The van der Waals surface area contributed by atoms with Crippen LogP contribution in [0.5, 0.6) is 5.75 Å². The van der Waals surface area contributed by atoms with Gasteiger partial charge < -0.3 is 10.8 Å². The van der Waals surface area contributed by atoms with Gasteiger partial charge in [0.25, 0.3) is 11.5 Å². The standard InChI is InChI=1S/C12H11N5O3/c13-9-5-10(15-17-11(9)19)12(20)16-14-6-7-1-3-8(18)4-2-7/h1-6,18H,(H2,13,15)(H,16,20)(H,17,19)/b14-6+. The summed E-state index contributed by atoms with van der Waals surface area (Å²) in [5, 5.41) is 18.5. The van der Waals surface area contributed by atoms with Gasteiger partial charge in [-0.15, -0.1) is 0 Å². The molecule has 1 heterocycles. The second-order valence-electron chi connectivity index (χ2n) is 3.83. The van der Waals surface area contributed by atoms with Crippen LogP contribution in [-0.2, 0) is 0 Å². The van der Waals surface area contributed by atoms with Crippen molar-refractivity contribution in [1.82, 2.24) is 15.6 Å². The third kappa shape index (κ3) is 3.19. The molecule has 102 valence electrons. The number of phenolic OH excluding ortho intramolecular Hbond substituents is 1. The van der Waals surface area contributed by atoms with Crippen molar-refractivity contribution in [3.05, 3.63) is 51.9 Å². The van der Waals surface area contributed by atoms with Crippen LogP contribution in [0.15, 0.2) is 40.2 Å². The maximum absolute atomic E-state index is 11.6. The summed E-state index contributed by atoms with van der Waals surface area (Å²) in [5.41, 5.74) is 7.58. The Kier molecular flexibility index (Phi) is 3.75. The number of aromatic nitrogens is 2. The van der Waals surface area contributed by atoms with Crippen molar-refractivity contribution in [2.24, 2.45) is 5.10 Å².